The van der Waals surface area contributed by atoms with Crippen LogP contribution >= 0.6 is 0 Å². The fourth-order valence-electron chi connectivity index (χ4n) is 4.11. The van der Waals surface area contributed by atoms with Gasteiger partial charge in [0.15, 0.2) is 11.6 Å². The quantitative estimate of drug-likeness (QED) is 0.288. The van der Waals surface area contributed by atoms with Gasteiger partial charge in [-0.15, -0.1) is 10.2 Å². The number of hydrogen-bond acceptors (Lipinski definition) is 8. The number of tetrazole rings is 1. The predicted molar refractivity (Wildman–Crippen MR) is 130 cm³/mol. The van der Waals surface area contributed by atoms with Gasteiger partial charge in [0, 0.05) is 30.5 Å². The van der Waals surface area contributed by atoms with Crippen molar-refractivity contribution in [3.8, 4) is 0 Å². The first kappa shape index (κ1) is 27.2. The Balaban J connectivity index is 1.69. The zero-order valence-electron chi connectivity index (χ0n) is 20.5. The van der Waals surface area contributed by atoms with Crippen molar-refractivity contribution < 1.29 is 29.1 Å². The SMILES string of the molecule is CC[C@H](C)[C@H](CC(=O)/C=C\C(=O)O)C(=O)NCC(=O)N1c2ccccc2C[C@H]1C(=O)NCc1nn[nH]n1. The first-order valence-electron chi connectivity index (χ1n) is 11.8. The third-order valence-corrected chi connectivity index (χ3v) is 6.27. The average molecular weight is 512 g/mol. The van der Waals surface area contributed by atoms with Gasteiger partial charge in [-0.3, -0.25) is 24.1 Å². The maximum atomic E-state index is 13.3. The number of nitrogens with zero attached hydrogens (tertiary/aromatic N) is 4. The molecule has 3 amide bonds. The van der Waals surface area contributed by atoms with Gasteiger partial charge in [-0.2, -0.15) is 5.21 Å². The van der Waals surface area contributed by atoms with Gasteiger partial charge in [0.25, 0.3) is 0 Å². The Morgan fingerprint density at radius 3 is 2.62 bits per heavy atom. The number of carbonyl (C=O) groups is 5. The molecule has 0 unspecified atom stereocenters. The van der Waals surface area contributed by atoms with Gasteiger partial charge in [0.2, 0.25) is 17.7 Å². The van der Waals surface area contributed by atoms with Crippen molar-refractivity contribution in [3.63, 3.8) is 0 Å². The van der Waals surface area contributed by atoms with E-state index in [1.54, 1.807) is 19.1 Å². The molecule has 1 aliphatic rings. The van der Waals surface area contributed by atoms with Crippen LogP contribution in [0.25, 0.3) is 0 Å². The topological polar surface area (TPSA) is 187 Å². The molecule has 37 heavy (non-hydrogen) atoms. The Hall–Kier alpha value is -4.42. The highest BCUT2D eigenvalue weighted by atomic mass is 16.4. The van der Waals surface area contributed by atoms with Crippen molar-refractivity contribution in [2.24, 2.45) is 11.8 Å². The van der Waals surface area contributed by atoms with E-state index in [4.69, 9.17) is 5.11 Å². The van der Waals surface area contributed by atoms with Crippen LogP contribution in [0.4, 0.5) is 5.69 Å². The van der Waals surface area contributed by atoms with E-state index in [-0.39, 0.29) is 31.3 Å². The number of fused-ring (bicyclic) bond motifs is 1. The molecule has 2 aromatic rings. The summed E-state index contributed by atoms with van der Waals surface area (Å²) in [7, 11) is 0. The maximum absolute atomic E-state index is 13.3. The van der Waals surface area contributed by atoms with Crippen LogP contribution in [0.1, 0.15) is 38.1 Å². The van der Waals surface area contributed by atoms with Crippen LogP contribution < -0.4 is 15.5 Å². The molecule has 13 heteroatoms. The number of para-hydroxylation sites is 1. The standard InChI is InChI=1S/C24H29N7O6/c1-3-14(2)17(11-16(32)8-9-22(34)35)23(36)26-13-21(33)31-18-7-5-4-6-15(18)10-19(31)24(37)25-12-20-27-29-30-28-20/h4-9,14,17,19H,3,10-13H2,1-2H3,(H,25,37)(H,26,36)(H,34,35)(H,27,28,29,30)/b9-8-/t14-,17-,19-/m0/s1. The van der Waals surface area contributed by atoms with E-state index in [0.29, 0.717) is 18.5 Å². The molecule has 2 heterocycles. The number of amides is 3. The molecular weight excluding hydrogens is 482 g/mol. The zero-order valence-corrected chi connectivity index (χ0v) is 20.5. The average Bonchev–Trinajstić information content (AvgIpc) is 3.55. The second-order valence-electron chi connectivity index (χ2n) is 8.71. The fraction of sp³-hybridized carbons (Fsp3) is 0.417. The molecule has 4 N–H and O–H groups in total. The van der Waals surface area contributed by atoms with E-state index in [1.807, 2.05) is 19.1 Å². The third-order valence-electron chi connectivity index (χ3n) is 6.27. The van der Waals surface area contributed by atoms with Gasteiger partial charge in [-0.05, 0) is 23.6 Å². The molecule has 0 radical (unpaired) electrons. The van der Waals surface area contributed by atoms with Crippen LogP contribution in [0.3, 0.4) is 0 Å². The second kappa shape index (κ2) is 12.5. The number of aliphatic carboxylic acids is 1. The van der Waals surface area contributed by atoms with Gasteiger partial charge in [0.05, 0.1) is 13.1 Å². The molecule has 0 bridgehead atoms. The number of benzene rings is 1. The minimum Gasteiger partial charge on any atom is -0.478 e. The normalized spacial score (nSPS) is 16.2. The van der Waals surface area contributed by atoms with Crippen LogP contribution in [-0.2, 0) is 36.9 Å². The van der Waals surface area contributed by atoms with E-state index in [2.05, 4.69) is 31.3 Å². The molecule has 0 aliphatic carbocycles. The Morgan fingerprint density at radius 2 is 1.95 bits per heavy atom. The Kier molecular flexibility index (Phi) is 9.19. The lowest BCUT2D eigenvalue weighted by molar-refractivity contribution is -0.132. The first-order valence-corrected chi connectivity index (χ1v) is 11.8. The Labute approximate surface area is 212 Å². The maximum Gasteiger partial charge on any atom is 0.328 e. The lowest BCUT2D eigenvalue weighted by Crippen LogP contribution is -2.51. The number of nitrogens with one attached hydrogen (secondary N) is 3. The number of H-pyrrole nitrogens is 1. The van der Waals surface area contributed by atoms with Crippen LogP contribution in [0.5, 0.6) is 0 Å². The van der Waals surface area contributed by atoms with Crippen LogP contribution in [-0.4, -0.2) is 67.8 Å². The van der Waals surface area contributed by atoms with Gasteiger partial charge in [0.1, 0.15) is 6.04 Å². The fourth-order valence-corrected chi connectivity index (χ4v) is 4.11. The second-order valence-corrected chi connectivity index (χ2v) is 8.71. The van der Waals surface area contributed by atoms with Gasteiger partial charge in [-0.1, -0.05) is 43.7 Å². The van der Waals surface area contributed by atoms with Crippen molar-refractivity contribution in [1.29, 1.82) is 0 Å². The number of anilines is 1. The van der Waals surface area contributed by atoms with Crippen LogP contribution in [0, 0.1) is 11.8 Å². The third kappa shape index (κ3) is 7.06. The molecule has 1 aromatic heterocycles. The van der Waals surface area contributed by atoms with E-state index in [1.165, 1.54) is 4.90 Å². The molecule has 0 spiro atoms. The number of rotatable bonds is 12. The van der Waals surface area contributed by atoms with E-state index < -0.39 is 41.4 Å². The molecule has 13 nitrogen and oxygen atoms in total. The molecule has 0 fully saturated rings. The lowest BCUT2D eigenvalue weighted by Gasteiger charge is -2.26. The molecule has 3 atom stereocenters. The van der Waals surface area contributed by atoms with Crippen molar-refractivity contribution in [3.05, 3.63) is 47.8 Å². The lowest BCUT2D eigenvalue weighted by atomic mass is 9.86. The summed E-state index contributed by atoms with van der Waals surface area (Å²) in [4.78, 5) is 63.4. The Bertz CT molecular complexity index is 1180. The smallest absolute Gasteiger partial charge is 0.328 e. The summed E-state index contributed by atoms with van der Waals surface area (Å²) < 4.78 is 0. The molecule has 3 rings (SSSR count). The molecular formula is C24H29N7O6. The van der Waals surface area contributed by atoms with Gasteiger partial charge < -0.3 is 15.7 Å². The zero-order chi connectivity index (χ0) is 26.9. The molecule has 0 saturated heterocycles. The summed E-state index contributed by atoms with van der Waals surface area (Å²) in [5.74, 6) is -3.79. The summed E-state index contributed by atoms with van der Waals surface area (Å²) in [6.45, 7) is 3.32. The number of aromatic nitrogens is 4. The number of ketones is 1. The summed E-state index contributed by atoms with van der Waals surface area (Å²) >= 11 is 0. The number of carboxylic acids is 1. The molecule has 0 saturated carbocycles. The van der Waals surface area contributed by atoms with Crippen LogP contribution in [0.15, 0.2) is 36.4 Å². The minimum absolute atomic E-state index is 0.0296. The number of aromatic amines is 1. The largest absolute Gasteiger partial charge is 0.478 e. The predicted octanol–water partition coefficient (Wildman–Crippen LogP) is 0.152. The molecule has 1 aliphatic heterocycles. The highest BCUT2D eigenvalue weighted by molar-refractivity contribution is 6.05. The Morgan fingerprint density at radius 1 is 1.19 bits per heavy atom. The van der Waals surface area contributed by atoms with E-state index in [9.17, 15) is 24.0 Å². The monoisotopic (exact) mass is 511 g/mol. The van der Waals surface area contributed by atoms with Gasteiger partial charge >= 0.3 is 5.97 Å². The van der Waals surface area contributed by atoms with Crippen molar-refractivity contribution in [1.82, 2.24) is 31.3 Å². The van der Waals surface area contributed by atoms with Crippen molar-refractivity contribution in [2.45, 2.75) is 45.7 Å². The number of carbonyl (C=O) groups excluding carboxylic acids is 4. The van der Waals surface area contributed by atoms with Crippen molar-refractivity contribution >= 4 is 35.2 Å². The van der Waals surface area contributed by atoms with E-state index >= 15 is 0 Å². The summed E-state index contributed by atoms with van der Waals surface area (Å²) in [6, 6.07) is 6.30. The van der Waals surface area contributed by atoms with Crippen LogP contribution in [0.2, 0.25) is 0 Å². The molecule has 1 aromatic carbocycles. The van der Waals surface area contributed by atoms with E-state index in [0.717, 1.165) is 17.7 Å². The van der Waals surface area contributed by atoms with Gasteiger partial charge in [-0.25, -0.2) is 4.79 Å². The highest BCUT2D eigenvalue weighted by Crippen LogP contribution is 2.32. The number of carboxylic acid groups (broad SMARTS) is 1. The summed E-state index contributed by atoms with van der Waals surface area (Å²) in [5, 5.41) is 27.3. The molecule has 196 valence electrons. The summed E-state index contributed by atoms with van der Waals surface area (Å²) in [6.07, 6.45) is 2.37. The highest BCUT2D eigenvalue weighted by Gasteiger charge is 2.38. The number of allylic oxidation sites excluding steroid dienone is 1. The van der Waals surface area contributed by atoms with Crippen molar-refractivity contribution in [2.75, 3.05) is 11.4 Å². The first-order chi connectivity index (χ1) is 17.7. The summed E-state index contributed by atoms with van der Waals surface area (Å²) in [5.41, 5.74) is 1.39. The minimum atomic E-state index is -1.26. The number of hydrogen-bond donors (Lipinski definition) is 4.